The van der Waals surface area contributed by atoms with Crippen LogP contribution in [0.25, 0.3) is 0 Å². The molecule has 0 spiro atoms. The van der Waals surface area contributed by atoms with Crippen molar-refractivity contribution in [3.8, 4) is 6.07 Å². The number of hydrogen-bond acceptors (Lipinski definition) is 3. The SMILES string of the molecule is CC(NCc1cccc(C#N)c1)C(=O)NC(C)(C)C. The minimum atomic E-state index is -0.273. The third-order valence-corrected chi connectivity index (χ3v) is 2.56. The van der Waals surface area contributed by atoms with Crippen LogP contribution in [0.5, 0.6) is 0 Å². The monoisotopic (exact) mass is 259 g/mol. The predicted octanol–water partition coefficient (Wildman–Crippen LogP) is 1.95. The summed E-state index contributed by atoms with van der Waals surface area (Å²) in [5.41, 5.74) is 1.40. The highest BCUT2D eigenvalue weighted by atomic mass is 16.2. The molecule has 4 nitrogen and oxygen atoms in total. The Balaban J connectivity index is 2.52. The van der Waals surface area contributed by atoms with Gasteiger partial charge in [0.1, 0.15) is 0 Å². The number of nitrogens with zero attached hydrogens (tertiary/aromatic N) is 1. The molecular formula is C15H21N3O. The summed E-state index contributed by atoms with van der Waals surface area (Å²) in [4.78, 5) is 11.9. The number of nitriles is 1. The summed E-state index contributed by atoms with van der Waals surface area (Å²) in [5, 5.41) is 14.9. The highest BCUT2D eigenvalue weighted by molar-refractivity contribution is 5.81. The van der Waals surface area contributed by atoms with Crippen LogP contribution in [0.3, 0.4) is 0 Å². The molecule has 0 aliphatic rings. The minimum Gasteiger partial charge on any atom is -0.350 e. The molecule has 1 amide bonds. The van der Waals surface area contributed by atoms with Crippen molar-refractivity contribution in [3.63, 3.8) is 0 Å². The average molecular weight is 259 g/mol. The Morgan fingerprint density at radius 3 is 2.68 bits per heavy atom. The second-order valence-corrected chi connectivity index (χ2v) is 5.65. The lowest BCUT2D eigenvalue weighted by molar-refractivity contribution is -0.124. The fourth-order valence-corrected chi connectivity index (χ4v) is 1.59. The molecule has 0 fully saturated rings. The first kappa shape index (κ1) is 15.2. The molecule has 4 heteroatoms. The van der Waals surface area contributed by atoms with Gasteiger partial charge in [0.15, 0.2) is 0 Å². The molecule has 0 bridgehead atoms. The molecule has 19 heavy (non-hydrogen) atoms. The topological polar surface area (TPSA) is 64.9 Å². The van der Waals surface area contributed by atoms with Crippen LogP contribution < -0.4 is 10.6 Å². The van der Waals surface area contributed by atoms with Gasteiger partial charge in [-0.2, -0.15) is 5.26 Å². The Labute approximate surface area is 114 Å². The Hall–Kier alpha value is -1.86. The zero-order chi connectivity index (χ0) is 14.5. The van der Waals surface area contributed by atoms with Crippen LogP contribution in [0.1, 0.15) is 38.8 Å². The van der Waals surface area contributed by atoms with Gasteiger partial charge in [0, 0.05) is 12.1 Å². The first-order valence-corrected chi connectivity index (χ1v) is 6.36. The highest BCUT2D eigenvalue weighted by Crippen LogP contribution is 2.04. The summed E-state index contributed by atoms with van der Waals surface area (Å²) in [6, 6.07) is 9.19. The average Bonchev–Trinajstić information content (AvgIpc) is 2.34. The van der Waals surface area contributed by atoms with E-state index in [0.29, 0.717) is 12.1 Å². The molecule has 0 aliphatic heterocycles. The summed E-state index contributed by atoms with van der Waals surface area (Å²) in [6.45, 7) is 8.25. The van der Waals surface area contributed by atoms with E-state index in [2.05, 4.69) is 16.7 Å². The van der Waals surface area contributed by atoms with E-state index in [1.165, 1.54) is 0 Å². The van der Waals surface area contributed by atoms with Crippen LogP contribution in [-0.4, -0.2) is 17.5 Å². The minimum absolute atomic E-state index is 0.0241. The number of hydrogen-bond donors (Lipinski definition) is 2. The summed E-state index contributed by atoms with van der Waals surface area (Å²) in [5.74, 6) is -0.0241. The molecule has 1 atom stereocenters. The second kappa shape index (κ2) is 6.35. The Bertz CT molecular complexity index is 483. The second-order valence-electron chi connectivity index (χ2n) is 5.65. The summed E-state index contributed by atoms with van der Waals surface area (Å²) in [7, 11) is 0. The number of nitrogens with one attached hydrogen (secondary N) is 2. The summed E-state index contributed by atoms with van der Waals surface area (Å²) < 4.78 is 0. The van der Waals surface area contributed by atoms with E-state index < -0.39 is 0 Å². The molecule has 0 aliphatic carbocycles. The van der Waals surface area contributed by atoms with Crippen molar-refractivity contribution in [2.75, 3.05) is 0 Å². The number of carbonyl (C=O) groups excluding carboxylic acids is 1. The number of rotatable bonds is 4. The van der Waals surface area contributed by atoms with Crippen LogP contribution in [0.2, 0.25) is 0 Å². The van der Waals surface area contributed by atoms with Crippen molar-refractivity contribution in [1.29, 1.82) is 5.26 Å². The van der Waals surface area contributed by atoms with Crippen molar-refractivity contribution in [3.05, 3.63) is 35.4 Å². The molecule has 0 saturated carbocycles. The number of benzene rings is 1. The van der Waals surface area contributed by atoms with E-state index in [9.17, 15) is 4.79 Å². The van der Waals surface area contributed by atoms with E-state index in [0.717, 1.165) is 5.56 Å². The van der Waals surface area contributed by atoms with Crippen LogP contribution in [0.4, 0.5) is 0 Å². The zero-order valence-corrected chi connectivity index (χ0v) is 11.9. The molecule has 0 aromatic heterocycles. The van der Waals surface area contributed by atoms with Gasteiger partial charge in [-0.3, -0.25) is 4.79 Å². The molecule has 1 aromatic rings. The van der Waals surface area contributed by atoms with Gasteiger partial charge in [-0.05, 0) is 45.4 Å². The molecule has 1 rings (SSSR count). The lowest BCUT2D eigenvalue weighted by Gasteiger charge is -2.23. The summed E-state index contributed by atoms with van der Waals surface area (Å²) in [6.07, 6.45) is 0. The normalized spacial score (nSPS) is 12.6. The van der Waals surface area contributed by atoms with Crippen molar-refractivity contribution >= 4 is 5.91 Å². The molecular weight excluding hydrogens is 238 g/mol. The van der Waals surface area contributed by atoms with Gasteiger partial charge in [-0.25, -0.2) is 0 Å². The van der Waals surface area contributed by atoms with E-state index in [1.54, 1.807) is 6.07 Å². The number of amides is 1. The molecule has 1 unspecified atom stereocenters. The van der Waals surface area contributed by atoms with Gasteiger partial charge >= 0.3 is 0 Å². The fourth-order valence-electron chi connectivity index (χ4n) is 1.59. The molecule has 1 aromatic carbocycles. The first-order chi connectivity index (χ1) is 8.81. The van der Waals surface area contributed by atoms with Gasteiger partial charge in [-0.1, -0.05) is 12.1 Å². The fraction of sp³-hybridized carbons (Fsp3) is 0.467. The van der Waals surface area contributed by atoms with E-state index in [4.69, 9.17) is 5.26 Å². The van der Waals surface area contributed by atoms with Gasteiger partial charge in [0.2, 0.25) is 5.91 Å². The Morgan fingerprint density at radius 2 is 2.11 bits per heavy atom. The smallest absolute Gasteiger partial charge is 0.237 e. The largest absolute Gasteiger partial charge is 0.350 e. The van der Waals surface area contributed by atoms with Gasteiger partial charge in [0.25, 0.3) is 0 Å². The molecule has 0 radical (unpaired) electrons. The van der Waals surface area contributed by atoms with Crippen LogP contribution >= 0.6 is 0 Å². The molecule has 2 N–H and O–H groups in total. The van der Waals surface area contributed by atoms with Crippen LogP contribution in [0.15, 0.2) is 24.3 Å². The lowest BCUT2D eigenvalue weighted by Crippen LogP contribution is -2.49. The molecule has 0 heterocycles. The predicted molar refractivity (Wildman–Crippen MR) is 75.4 cm³/mol. The lowest BCUT2D eigenvalue weighted by atomic mass is 10.1. The maximum absolute atomic E-state index is 11.9. The van der Waals surface area contributed by atoms with Crippen molar-refractivity contribution in [2.45, 2.75) is 45.8 Å². The first-order valence-electron chi connectivity index (χ1n) is 6.36. The van der Waals surface area contributed by atoms with Gasteiger partial charge < -0.3 is 10.6 Å². The summed E-state index contributed by atoms with van der Waals surface area (Å²) >= 11 is 0. The maximum atomic E-state index is 11.9. The standard InChI is InChI=1S/C15H21N3O/c1-11(14(19)18-15(2,3)4)17-10-13-7-5-6-12(8-13)9-16/h5-8,11,17H,10H2,1-4H3,(H,18,19). The third kappa shape index (κ3) is 5.54. The van der Waals surface area contributed by atoms with Crippen LogP contribution in [0, 0.1) is 11.3 Å². The maximum Gasteiger partial charge on any atom is 0.237 e. The van der Waals surface area contributed by atoms with Crippen LogP contribution in [-0.2, 0) is 11.3 Å². The Kier molecular flexibility index (Phi) is 5.08. The van der Waals surface area contributed by atoms with Gasteiger partial charge in [0.05, 0.1) is 17.7 Å². The van der Waals surface area contributed by atoms with Crippen molar-refractivity contribution < 1.29 is 4.79 Å². The Morgan fingerprint density at radius 1 is 1.42 bits per heavy atom. The van der Waals surface area contributed by atoms with E-state index >= 15 is 0 Å². The van der Waals surface area contributed by atoms with Crippen molar-refractivity contribution in [2.24, 2.45) is 0 Å². The van der Waals surface area contributed by atoms with E-state index in [1.807, 2.05) is 45.9 Å². The molecule has 0 saturated heterocycles. The zero-order valence-electron chi connectivity index (χ0n) is 11.9. The quantitative estimate of drug-likeness (QED) is 0.868. The van der Waals surface area contributed by atoms with Crippen molar-refractivity contribution in [1.82, 2.24) is 10.6 Å². The van der Waals surface area contributed by atoms with Gasteiger partial charge in [-0.15, -0.1) is 0 Å². The highest BCUT2D eigenvalue weighted by Gasteiger charge is 2.18. The van der Waals surface area contributed by atoms with E-state index in [-0.39, 0.29) is 17.5 Å². The number of carbonyl (C=O) groups is 1. The third-order valence-electron chi connectivity index (χ3n) is 2.56. The molecule has 102 valence electrons.